The second kappa shape index (κ2) is 8.23. The molecule has 0 spiro atoms. The number of hydrogen-bond acceptors (Lipinski definition) is 10. The van der Waals surface area contributed by atoms with Crippen LogP contribution in [0, 0.1) is 0 Å². The van der Waals surface area contributed by atoms with Crippen molar-refractivity contribution in [3.8, 4) is 5.88 Å². The molecule has 134 valence electrons. The van der Waals surface area contributed by atoms with Gasteiger partial charge < -0.3 is 24.4 Å². The van der Waals surface area contributed by atoms with Gasteiger partial charge in [0, 0.05) is 13.1 Å². The number of esters is 1. The first kappa shape index (κ1) is 17.6. The third-order valence-electron chi connectivity index (χ3n) is 3.40. The van der Waals surface area contributed by atoms with E-state index in [1.807, 2.05) is 4.90 Å². The van der Waals surface area contributed by atoms with E-state index >= 15 is 0 Å². The van der Waals surface area contributed by atoms with E-state index in [1.54, 1.807) is 11.4 Å². The van der Waals surface area contributed by atoms with Gasteiger partial charge in [0.15, 0.2) is 6.61 Å². The van der Waals surface area contributed by atoms with Crippen molar-refractivity contribution >= 4 is 46.4 Å². The zero-order valence-corrected chi connectivity index (χ0v) is 15.0. The topological polar surface area (TPSA) is 103 Å². The van der Waals surface area contributed by atoms with E-state index < -0.39 is 11.9 Å². The maximum absolute atomic E-state index is 12.1. The minimum atomic E-state index is -0.496. The van der Waals surface area contributed by atoms with E-state index in [9.17, 15) is 9.59 Å². The molecule has 0 saturated carbocycles. The largest absolute Gasteiger partial charge is 0.465 e. The fourth-order valence-electron chi connectivity index (χ4n) is 2.21. The van der Waals surface area contributed by atoms with Crippen LogP contribution in [0.2, 0.25) is 0 Å². The molecule has 0 radical (unpaired) electrons. The van der Waals surface area contributed by atoms with Gasteiger partial charge in [0.1, 0.15) is 4.88 Å². The summed E-state index contributed by atoms with van der Waals surface area (Å²) in [5.41, 5.74) is 0.398. The Morgan fingerprint density at radius 1 is 1.36 bits per heavy atom. The number of nitrogens with one attached hydrogen (secondary N) is 1. The molecule has 0 unspecified atom stereocenters. The number of rotatable bonds is 6. The Hall–Kier alpha value is -2.24. The Labute approximate surface area is 151 Å². The molecule has 0 bridgehead atoms. The Morgan fingerprint density at radius 2 is 2.16 bits per heavy atom. The number of anilines is 2. The predicted molar refractivity (Wildman–Crippen MR) is 92.7 cm³/mol. The molecule has 1 aliphatic rings. The molecule has 2 aromatic heterocycles. The maximum atomic E-state index is 12.1. The number of amides is 1. The van der Waals surface area contributed by atoms with Crippen LogP contribution < -0.4 is 15.0 Å². The highest BCUT2D eigenvalue weighted by molar-refractivity contribution is 7.12. The van der Waals surface area contributed by atoms with Crippen molar-refractivity contribution in [2.75, 3.05) is 50.2 Å². The minimum absolute atomic E-state index is 0.237. The first-order chi connectivity index (χ1) is 12.2. The summed E-state index contributed by atoms with van der Waals surface area (Å²) < 4.78 is 23.8. The van der Waals surface area contributed by atoms with Crippen LogP contribution in [0.5, 0.6) is 5.88 Å². The number of aromatic nitrogens is 2. The van der Waals surface area contributed by atoms with Gasteiger partial charge >= 0.3 is 5.97 Å². The van der Waals surface area contributed by atoms with Gasteiger partial charge in [-0.2, -0.15) is 4.37 Å². The van der Waals surface area contributed by atoms with E-state index in [2.05, 4.69) is 18.8 Å². The zero-order valence-electron chi connectivity index (χ0n) is 13.4. The lowest BCUT2D eigenvalue weighted by Gasteiger charge is -2.26. The van der Waals surface area contributed by atoms with Gasteiger partial charge in [-0.05, 0) is 11.4 Å². The smallest absolute Gasteiger partial charge is 0.350 e. The SMILES string of the molecule is COC(=O)c1sccc1NC(=O)COc1nsnc1N1CCOCC1. The first-order valence-electron chi connectivity index (χ1n) is 7.42. The lowest BCUT2D eigenvalue weighted by Crippen LogP contribution is -2.36. The standard InChI is InChI=1S/C14H16N4O5S2/c1-21-14(20)11-9(2-7-24-11)15-10(19)8-23-13-12(16-25-17-13)18-3-5-22-6-4-18/h2,7H,3-6,8H2,1H3,(H,15,19). The molecule has 0 atom stereocenters. The molecule has 1 saturated heterocycles. The van der Waals surface area contributed by atoms with E-state index in [0.717, 1.165) is 11.7 Å². The number of carbonyl (C=O) groups excluding carboxylic acids is 2. The summed E-state index contributed by atoms with van der Waals surface area (Å²) in [6, 6.07) is 1.64. The Balaban J connectivity index is 1.57. The molecule has 1 fully saturated rings. The van der Waals surface area contributed by atoms with Crippen LogP contribution in [-0.2, 0) is 14.3 Å². The van der Waals surface area contributed by atoms with Gasteiger partial charge in [-0.1, -0.05) is 0 Å². The maximum Gasteiger partial charge on any atom is 0.350 e. The molecule has 11 heteroatoms. The lowest BCUT2D eigenvalue weighted by atomic mass is 10.4. The Kier molecular flexibility index (Phi) is 5.79. The summed E-state index contributed by atoms with van der Waals surface area (Å²) in [5, 5.41) is 4.33. The molecule has 9 nitrogen and oxygen atoms in total. The normalized spacial score (nSPS) is 14.2. The van der Waals surface area contributed by atoms with Gasteiger partial charge in [-0.15, -0.1) is 15.7 Å². The van der Waals surface area contributed by atoms with Crippen LogP contribution in [0.1, 0.15) is 9.67 Å². The van der Waals surface area contributed by atoms with Crippen LogP contribution in [-0.4, -0.2) is 60.6 Å². The van der Waals surface area contributed by atoms with Crippen molar-refractivity contribution in [3.05, 3.63) is 16.3 Å². The number of ether oxygens (including phenoxy) is 3. The summed E-state index contributed by atoms with van der Waals surface area (Å²) in [6.45, 7) is 2.40. The summed E-state index contributed by atoms with van der Waals surface area (Å²) in [4.78, 5) is 26.1. The Bertz CT molecular complexity index is 741. The molecular formula is C14H16N4O5S2. The molecule has 3 heterocycles. The van der Waals surface area contributed by atoms with Gasteiger partial charge in [-0.3, -0.25) is 4.79 Å². The van der Waals surface area contributed by atoms with Crippen molar-refractivity contribution in [2.24, 2.45) is 0 Å². The molecule has 25 heavy (non-hydrogen) atoms. The molecule has 1 amide bonds. The highest BCUT2D eigenvalue weighted by atomic mass is 32.1. The number of nitrogens with zero attached hydrogens (tertiary/aromatic N) is 3. The second-order valence-corrected chi connectivity index (χ2v) is 6.43. The molecular weight excluding hydrogens is 368 g/mol. The van der Waals surface area contributed by atoms with Crippen LogP contribution >= 0.6 is 23.1 Å². The van der Waals surface area contributed by atoms with E-state index in [-0.39, 0.29) is 6.61 Å². The van der Waals surface area contributed by atoms with Gasteiger partial charge in [0.2, 0.25) is 5.82 Å². The van der Waals surface area contributed by atoms with Crippen LogP contribution in [0.15, 0.2) is 11.4 Å². The van der Waals surface area contributed by atoms with E-state index in [4.69, 9.17) is 9.47 Å². The number of morpholine rings is 1. The second-order valence-electron chi connectivity index (χ2n) is 4.98. The Morgan fingerprint density at radius 3 is 2.92 bits per heavy atom. The molecule has 0 aromatic carbocycles. The molecule has 1 N–H and O–H groups in total. The van der Waals surface area contributed by atoms with Crippen LogP contribution in [0.3, 0.4) is 0 Å². The fourth-order valence-corrected chi connectivity index (χ4v) is 3.50. The summed E-state index contributed by atoms with van der Waals surface area (Å²) in [6.07, 6.45) is 0. The van der Waals surface area contributed by atoms with E-state index in [1.165, 1.54) is 18.4 Å². The van der Waals surface area contributed by atoms with Crippen molar-refractivity contribution in [1.29, 1.82) is 0 Å². The van der Waals surface area contributed by atoms with Crippen LogP contribution in [0.4, 0.5) is 11.5 Å². The third-order valence-corrected chi connectivity index (χ3v) is 4.80. The molecule has 0 aliphatic carbocycles. The predicted octanol–water partition coefficient (Wildman–Crippen LogP) is 1.24. The number of carbonyl (C=O) groups is 2. The molecule has 1 aliphatic heterocycles. The van der Waals surface area contributed by atoms with Crippen LogP contribution in [0.25, 0.3) is 0 Å². The van der Waals surface area contributed by atoms with E-state index in [0.29, 0.717) is 48.6 Å². The first-order valence-corrected chi connectivity index (χ1v) is 9.03. The average Bonchev–Trinajstić information content (AvgIpc) is 3.29. The average molecular weight is 384 g/mol. The number of hydrogen-bond donors (Lipinski definition) is 1. The zero-order chi connectivity index (χ0) is 17.6. The highest BCUT2D eigenvalue weighted by Crippen LogP contribution is 2.26. The van der Waals surface area contributed by atoms with Gasteiger partial charge in [0.05, 0.1) is 37.7 Å². The summed E-state index contributed by atoms with van der Waals surface area (Å²) in [5.74, 6) is 0.0430. The monoisotopic (exact) mass is 384 g/mol. The quantitative estimate of drug-likeness (QED) is 0.742. The van der Waals surface area contributed by atoms with Gasteiger partial charge in [-0.25, -0.2) is 4.79 Å². The van der Waals surface area contributed by atoms with Gasteiger partial charge in [0.25, 0.3) is 11.8 Å². The van der Waals surface area contributed by atoms with Crippen molar-refractivity contribution in [2.45, 2.75) is 0 Å². The van der Waals surface area contributed by atoms with Crippen molar-refractivity contribution in [3.63, 3.8) is 0 Å². The summed E-state index contributed by atoms with van der Waals surface area (Å²) >= 11 is 2.22. The molecule has 2 aromatic rings. The minimum Gasteiger partial charge on any atom is -0.465 e. The highest BCUT2D eigenvalue weighted by Gasteiger charge is 2.21. The van der Waals surface area contributed by atoms with Crippen molar-refractivity contribution < 1.29 is 23.8 Å². The number of methoxy groups -OCH3 is 1. The molecule has 3 rings (SSSR count). The fraction of sp³-hybridized carbons (Fsp3) is 0.429. The third kappa shape index (κ3) is 4.24. The summed E-state index contributed by atoms with van der Waals surface area (Å²) in [7, 11) is 1.29. The van der Waals surface area contributed by atoms with Crippen molar-refractivity contribution in [1.82, 2.24) is 8.75 Å². The number of thiophene rings is 1. The lowest BCUT2D eigenvalue weighted by molar-refractivity contribution is -0.118.